The molecule has 194 valence electrons. The first kappa shape index (κ1) is 28.3. The zero-order valence-corrected chi connectivity index (χ0v) is 21.8. The summed E-state index contributed by atoms with van der Waals surface area (Å²) in [6.45, 7) is 7.75. The molecule has 0 saturated carbocycles. The molecule has 2 aromatic rings. The smallest absolute Gasteiger partial charge is 0.354 e. The zero-order valence-electron chi connectivity index (χ0n) is 21.8. The number of urea groups is 1. The average molecular weight is 497 g/mol. The van der Waals surface area contributed by atoms with Crippen LogP contribution in [0.15, 0.2) is 47.7 Å². The summed E-state index contributed by atoms with van der Waals surface area (Å²) < 4.78 is 11.2. The van der Waals surface area contributed by atoms with E-state index in [1.807, 2.05) is 32.0 Å². The third-order valence-corrected chi connectivity index (χ3v) is 5.71. The maximum atomic E-state index is 12.3. The minimum atomic E-state index is -0.560. The summed E-state index contributed by atoms with van der Waals surface area (Å²) in [5, 5.41) is 13.3. The molecule has 2 rings (SSSR count). The second kappa shape index (κ2) is 12.7. The van der Waals surface area contributed by atoms with E-state index in [1.54, 1.807) is 39.1 Å². The number of hydrazine groups is 2. The predicted octanol–water partition coefficient (Wildman–Crippen LogP) is 3.17. The highest BCUT2D eigenvalue weighted by molar-refractivity contribution is 6.14. The van der Waals surface area contributed by atoms with Gasteiger partial charge in [0.15, 0.2) is 0 Å². The van der Waals surface area contributed by atoms with Crippen molar-refractivity contribution in [3.8, 4) is 5.75 Å². The average Bonchev–Trinajstić information content (AvgIpc) is 2.86. The predicted molar refractivity (Wildman–Crippen MR) is 141 cm³/mol. The number of nitrogens with one attached hydrogen (secondary N) is 2. The summed E-state index contributed by atoms with van der Waals surface area (Å²) >= 11 is 0. The number of hydrogen-bond acceptors (Lipinski definition) is 8. The van der Waals surface area contributed by atoms with E-state index in [0.717, 1.165) is 33.1 Å². The number of anilines is 1. The van der Waals surface area contributed by atoms with Crippen LogP contribution in [0.25, 0.3) is 0 Å². The number of nitrogens with two attached hydrogens (primary N) is 2. The van der Waals surface area contributed by atoms with Crippen LogP contribution in [0.2, 0.25) is 0 Å². The Morgan fingerprint density at radius 1 is 1.14 bits per heavy atom. The summed E-state index contributed by atoms with van der Waals surface area (Å²) in [6.07, 6.45) is 0.724. The number of benzene rings is 2. The maximum Gasteiger partial charge on any atom is 0.354 e. The quantitative estimate of drug-likeness (QED) is 0.0986. The molecule has 0 atom stereocenters. The largest absolute Gasteiger partial charge is 0.489 e. The summed E-state index contributed by atoms with van der Waals surface area (Å²) in [5.74, 6) is 11.8. The molecular weight excluding hydrogens is 460 g/mol. The second-order valence-corrected chi connectivity index (χ2v) is 8.15. The Morgan fingerprint density at radius 2 is 1.83 bits per heavy atom. The lowest BCUT2D eigenvalue weighted by Gasteiger charge is -2.24. The summed E-state index contributed by atoms with van der Waals surface area (Å²) in [6, 6.07) is 10.4. The van der Waals surface area contributed by atoms with E-state index in [-0.39, 0.29) is 24.6 Å². The molecule has 0 aliphatic heterocycles. The standard InChI is InChI=1S/C26H36N6O4/c1-7-18-10-9-11-21(32(29)26(34)31(6)28)20(18)15-36-22-13-12-19(14-16(22)3)23(27)17(4)24(30-5)25(33)35-8-2/h9-14,27,30H,7-8,15,28-29H2,1-6H3/b24-17-,27-23?. The van der Waals surface area contributed by atoms with Gasteiger partial charge in [-0.3, -0.25) is 10.4 Å². The van der Waals surface area contributed by atoms with Gasteiger partial charge < -0.3 is 14.8 Å². The number of amides is 2. The van der Waals surface area contributed by atoms with Crippen molar-refractivity contribution in [1.82, 2.24) is 10.3 Å². The van der Waals surface area contributed by atoms with Gasteiger partial charge in [0.1, 0.15) is 18.1 Å². The Bertz CT molecular complexity index is 1160. The van der Waals surface area contributed by atoms with Crippen molar-refractivity contribution in [3.63, 3.8) is 0 Å². The van der Waals surface area contributed by atoms with Crippen LogP contribution in [-0.2, 0) is 22.6 Å². The molecule has 6 N–H and O–H groups in total. The van der Waals surface area contributed by atoms with Crippen molar-refractivity contribution < 1.29 is 19.1 Å². The Morgan fingerprint density at radius 3 is 2.39 bits per heavy atom. The number of aryl methyl sites for hydroxylation is 2. The molecule has 0 saturated heterocycles. The fraction of sp³-hybridized carbons (Fsp3) is 0.346. The number of carbonyl (C=O) groups excluding carboxylic acids is 2. The number of likely N-dealkylation sites (N-methyl/N-ethyl adjacent to an activating group) is 1. The third-order valence-electron chi connectivity index (χ3n) is 5.71. The molecule has 36 heavy (non-hydrogen) atoms. The Balaban J connectivity index is 2.32. The Labute approximate surface area is 212 Å². The second-order valence-electron chi connectivity index (χ2n) is 8.15. The number of carbonyl (C=O) groups is 2. The third kappa shape index (κ3) is 6.41. The first-order valence-electron chi connectivity index (χ1n) is 11.6. The fourth-order valence-electron chi connectivity index (χ4n) is 3.72. The van der Waals surface area contributed by atoms with Gasteiger partial charge in [-0.05, 0) is 62.6 Å². The number of allylic oxidation sites excluding steroid dienone is 1. The van der Waals surface area contributed by atoms with E-state index in [4.69, 9.17) is 26.6 Å². The monoisotopic (exact) mass is 496 g/mol. The van der Waals surface area contributed by atoms with Gasteiger partial charge in [0.25, 0.3) is 0 Å². The van der Waals surface area contributed by atoms with Crippen LogP contribution in [0, 0.1) is 12.3 Å². The molecule has 0 radical (unpaired) electrons. The van der Waals surface area contributed by atoms with Crippen LogP contribution in [0.3, 0.4) is 0 Å². The molecule has 0 spiro atoms. The van der Waals surface area contributed by atoms with Crippen molar-refractivity contribution in [3.05, 3.63) is 69.9 Å². The molecule has 0 aliphatic carbocycles. The molecule has 2 aromatic carbocycles. The molecule has 0 unspecified atom stereocenters. The van der Waals surface area contributed by atoms with Crippen LogP contribution in [-0.4, -0.2) is 43.4 Å². The lowest BCUT2D eigenvalue weighted by atomic mass is 9.99. The molecular formula is C26H36N6O4. The van der Waals surface area contributed by atoms with E-state index in [0.29, 0.717) is 22.6 Å². The normalized spacial score (nSPS) is 11.3. The number of ether oxygens (including phenoxy) is 2. The SMILES string of the molecule is CCOC(=O)/C(NC)=C(\C)C(=N)c1ccc(OCc2c(CC)cccc2N(N)C(=O)N(C)N)c(C)c1. The van der Waals surface area contributed by atoms with Crippen molar-refractivity contribution in [2.45, 2.75) is 40.7 Å². The van der Waals surface area contributed by atoms with Crippen LogP contribution >= 0.6 is 0 Å². The van der Waals surface area contributed by atoms with Gasteiger partial charge in [0.05, 0.1) is 18.0 Å². The molecule has 0 bridgehead atoms. The van der Waals surface area contributed by atoms with Gasteiger partial charge in [0.2, 0.25) is 0 Å². The topological polar surface area (TPSA) is 147 Å². The van der Waals surface area contributed by atoms with E-state index in [1.165, 1.54) is 7.05 Å². The van der Waals surface area contributed by atoms with Crippen molar-refractivity contribution in [1.29, 1.82) is 5.41 Å². The molecule has 0 fully saturated rings. The van der Waals surface area contributed by atoms with Crippen LogP contribution in [0.1, 0.15) is 43.0 Å². The molecule has 2 amide bonds. The molecule has 0 aromatic heterocycles. The highest BCUT2D eigenvalue weighted by Gasteiger charge is 2.20. The van der Waals surface area contributed by atoms with Gasteiger partial charge in [-0.2, -0.15) is 0 Å². The Kier molecular flexibility index (Phi) is 10.0. The lowest BCUT2D eigenvalue weighted by molar-refractivity contribution is -0.138. The first-order valence-corrected chi connectivity index (χ1v) is 11.6. The van der Waals surface area contributed by atoms with E-state index in [9.17, 15) is 9.59 Å². The summed E-state index contributed by atoms with van der Waals surface area (Å²) in [5.41, 5.74) is 4.64. The van der Waals surface area contributed by atoms with Crippen LogP contribution in [0.4, 0.5) is 10.5 Å². The Hall–Kier alpha value is -3.89. The summed E-state index contributed by atoms with van der Waals surface area (Å²) in [4.78, 5) is 24.5. The number of esters is 1. The number of nitrogens with zero attached hydrogens (tertiary/aromatic N) is 2. The minimum Gasteiger partial charge on any atom is -0.489 e. The number of hydrogen-bond donors (Lipinski definition) is 4. The maximum absolute atomic E-state index is 12.3. The molecule has 0 aliphatic rings. The highest BCUT2D eigenvalue weighted by Crippen LogP contribution is 2.28. The molecule has 10 heteroatoms. The molecule has 10 nitrogen and oxygen atoms in total. The van der Waals surface area contributed by atoms with E-state index < -0.39 is 12.0 Å². The van der Waals surface area contributed by atoms with Crippen molar-refractivity contribution in [2.75, 3.05) is 25.7 Å². The first-order chi connectivity index (χ1) is 17.1. The van der Waals surface area contributed by atoms with Gasteiger partial charge in [0, 0.05) is 30.8 Å². The van der Waals surface area contributed by atoms with Crippen LogP contribution in [0.5, 0.6) is 5.75 Å². The van der Waals surface area contributed by atoms with Gasteiger partial charge in [-0.25, -0.2) is 26.3 Å². The number of rotatable bonds is 10. The minimum absolute atomic E-state index is 0.179. The van der Waals surface area contributed by atoms with Gasteiger partial charge in [-0.1, -0.05) is 19.1 Å². The lowest BCUT2D eigenvalue weighted by Crippen LogP contribution is -2.49. The highest BCUT2D eigenvalue weighted by atomic mass is 16.5. The zero-order chi connectivity index (χ0) is 27.0. The van der Waals surface area contributed by atoms with Gasteiger partial charge >= 0.3 is 12.0 Å². The van der Waals surface area contributed by atoms with E-state index >= 15 is 0 Å². The van der Waals surface area contributed by atoms with Gasteiger partial charge in [-0.15, -0.1) is 0 Å². The molecule has 0 heterocycles. The summed E-state index contributed by atoms with van der Waals surface area (Å²) in [7, 11) is 3.04. The fourth-order valence-corrected chi connectivity index (χ4v) is 3.72. The van der Waals surface area contributed by atoms with E-state index in [2.05, 4.69) is 5.32 Å². The van der Waals surface area contributed by atoms with Crippen LogP contribution < -0.4 is 26.7 Å². The van der Waals surface area contributed by atoms with Crippen molar-refractivity contribution in [2.24, 2.45) is 11.7 Å². The van der Waals surface area contributed by atoms with Crippen molar-refractivity contribution >= 4 is 23.4 Å².